The van der Waals surface area contributed by atoms with Crippen molar-refractivity contribution >= 4 is 0 Å². The number of nitrogens with zero attached hydrogens (tertiary/aromatic N) is 1. The first-order valence-electron chi connectivity index (χ1n) is 6.83. The molecule has 10 heteroatoms. The number of benzene rings is 1. The SMILES string of the molecule is O=[N+]([O-])C1Oc2ccc(COC3O[C@H](CO)[C@@H](O)[C@H]3O)cc2O1. The zero-order valence-electron chi connectivity index (χ0n) is 11.8. The molecule has 3 N–H and O–H groups in total. The normalized spacial score (nSPS) is 32.2. The Morgan fingerprint density at radius 2 is 1.96 bits per heavy atom. The Kier molecular flexibility index (Phi) is 4.33. The molecule has 0 aromatic heterocycles. The van der Waals surface area contributed by atoms with Gasteiger partial charge in [-0.2, -0.15) is 0 Å². The zero-order chi connectivity index (χ0) is 16.6. The van der Waals surface area contributed by atoms with E-state index < -0.39 is 42.5 Å². The summed E-state index contributed by atoms with van der Waals surface area (Å²) in [5, 5.41) is 39.0. The Bertz CT molecular complexity index is 595. The molecule has 3 rings (SSSR count). The third-order valence-electron chi connectivity index (χ3n) is 3.55. The summed E-state index contributed by atoms with van der Waals surface area (Å²) in [5.74, 6) is 0.470. The van der Waals surface area contributed by atoms with Crippen LogP contribution in [0.2, 0.25) is 0 Å². The van der Waals surface area contributed by atoms with Gasteiger partial charge in [-0.3, -0.25) is 10.1 Å². The topological polar surface area (TPSA) is 141 Å². The van der Waals surface area contributed by atoms with E-state index >= 15 is 0 Å². The van der Waals surface area contributed by atoms with Crippen LogP contribution < -0.4 is 9.47 Å². The maximum absolute atomic E-state index is 10.6. The van der Waals surface area contributed by atoms with E-state index in [1.807, 2.05) is 0 Å². The van der Waals surface area contributed by atoms with Gasteiger partial charge in [0.05, 0.1) is 13.2 Å². The van der Waals surface area contributed by atoms with Gasteiger partial charge < -0.3 is 34.3 Å². The molecule has 0 saturated carbocycles. The van der Waals surface area contributed by atoms with Crippen molar-refractivity contribution in [1.82, 2.24) is 0 Å². The van der Waals surface area contributed by atoms with Gasteiger partial charge in [0.15, 0.2) is 17.8 Å². The molecule has 23 heavy (non-hydrogen) atoms. The number of fused-ring (bicyclic) bond motifs is 1. The molecule has 2 aliphatic heterocycles. The maximum Gasteiger partial charge on any atom is 0.517 e. The van der Waals surface area contributed by atoms with Gasteiger partial charge in [-0.15, -0.1) is 0 Å². The highest BCUT2D eigenvalue weighted by Gasteiger charge is 2.43. The third kappa shape index (κ3) is 3.07. The smallest absolute Gasteiger partial charge is 0.394 e. The number of rotatable bonds is 5. The lowest BCUT2D eigenvalue weighted by Crippen LogP contribution is -2.34. The predicted molar refractivity (Wildman–Crippen MR) is 71.0 cm³/mol. The van der Waals surface area contributed by atoms with Crippen molar-refractivity contribution in [2.24, 2.45) is 0 Å². The van der Waals surface area contributed by atoms with Gasteiger partial charge in [0.2, 0.25) is 0 Å². The average molecular weight is 329 g/mol. The molecule has 0 aliphatic carbocycles. The van der Waals surface area contributed by atoms with Gasteiger partial charge in [-0.25, -0.2) is 0 Å². The highest BCUT2D eigenvalue weighted by molar-refractivity contribution is 5.44. The first-order valence-corrected chi connectivity index (χ1v) is 6.83. The molecule has 2 unspecified atom stereocenters. The minimum Gasteiger partial charge on any atom is -0.394 e. The lowest BCUT2D eigenvalue weighted by molar-refractivity contribution is -0.600. The Labute approximate surface area is 129 Å². The Balaban J connectivity index is 1.60. The van der Waals surface area contributed by atoms with Crippen LogP contribution in [0.1, 0.15) is 5.56 Å². The molecule has 0 radical (unpaired) electrons. The van der Waals surface area contributed by atoms with E-state index in [-0.39, 0.29) is 18.1 Å². The average Bonchev–Trinajstić information content (AvgIpc) is 3.08. The van der Waals surface area contributed by atoms with Crippen LogP contribution in [0.5, 0.6) is 11.5 Å². The number of aliphatic hydroxyl groups is 3. The second-order valence-corrected chi connectivity index (χ2v) is 5.13. The van der Waals surface area contributed by atoms with Crippen molar-refractivity contribution in [3.63, 3.8) is 0 Å². The fraction of sp³-hybridized carbons (Fsp3) is 0.538. The van der Waals surface area contributed by atoms with Crippen LogP contribution in [0, 0.1) is 10.1 Å². The Morgan fingerprint density at radius 3 is 2.61 bits per heavy atom. The molecule has 2 aliphatic rings. The highest BCUT2D eigenvalue weighted by atomic mass is 16.8. The fourth-order valence-corrected chi connectivity index (χ4v) is 2.34. The summed E-state index contributed by atoms with van der Waals surface area (Å²) < 4.78 is 20.5. The van der Waals surface area contributed by atoms with Crippen molar-refractivity contribution in [2.45, 2.75) is 37.6 Å². The van der Waals surface area contributed by atoms with Crippen molar-refractivity contribution in [3.05, 3.63) is 33.9 Å². The first-order chi connectivity index (χ1) is 11.0. The van der Waals surface area contributed by atoms with Crippen molar-refractivity contribution in [2.75, 3.05) is 6.61 Å². The molecule has 1 fully saturated rings. The molecule has 1 aromatic rings. The summed E-state index contributed by atoms with van der Waals surface area (Å²) in [6, 6.07) is 4.64. The van der Waals surface area contributed by atoms with Crippen LogP contribution in [0.3, 0.4) is 0 Å². The van der Waals surface area contributed by atoms with Crippen LogP contribution in [0.4, 0.5) is 0 Å². The Morgan fingerprint density at radius 1 is 1.22 bits per heavy atom. The molecule has 0 spiro atoms. The molecule has 2 heterocycles. The van der Waals surface area contributed by atoms with Crippen LogP contribution in [0.25, 0.3) is 0 Å². The highest BCUT2D eigenvalue weighted by Crippen LogP contribution is 2.35. The molecular weight excluding hydrogens is 314 g/mol. The quantitative estimate of drug-likeness (QED) is 0.457. The minimum atomic E-state index is -1.57. The number of hydrogen-bond donors (Lipinski definition) is 3. The molecular formula is C13H15NO9. The summed E-state index contributed by atoms with van der Waals surface area (Å²) in [5.41, 5.74) is 0.606. The van der Waals surface area contributed by atoms with Crippen molar-refractivity contribution in [1.29, 1.82) is 0 Å². The molecule has 5 atom stereocenters. The second-order valence-electron chi connectivity index (χ2n) is 5.13. The molecule has 0 amide bonds. The van der Waals surface area contributed by atoms with Gasteiger partial charge >= 0.3 is 6.41 Å². The summed E-state index contributed by atoms with van der Waals surface area (Å²) >= 11 is 0. The van der Waals surface area contributed by atoms with Crippen molar-refractivity contribution < 1.29 is 39.2 Å². The monoisotopic (exact) mass is 329 g/mol. The summed E-state index contributed by atoms with van der Waals surface area (Å²) in [7, 11) is 0. The van der Waals surface area contributed by atoms with Gasteiger partial charge in [-0.05, 0) is 17.7 Å². The maximum atomic E-state index is 10.6. The Hall–Kier alpha value is -1.98. The molecule has 0 bridgehead atoms. The van der Waals surface area contributed by atoms with E-state index in [1.165, 1.54) is 12.1 Å². The number of aliphatic hydroxyl groups excluding tert-OH is 3. The summed E-state index contributed by atoms with van der Waals surface area (Å²) in [6.45, 7) is -0.434. The fourth-order valence-electron chi connectivity index (χ4n) is 2.34. The minimum absolute atomic E-state index is 0.00632. The van der Waals surface area contributed by atoms with E-state index in [1.54, 1.807) is 6.07 Å². The lowest BCUT2D eigenvalue weighted by Gasteiger charge is -2.15. The van der Waals surface area contributed by atoms with Gasteiger partial charge in [0.25, 0.3) is 0 Å². The number of nitro groups is 1. The molecule has 10 nitrogen and oxygen atoms in total. The summed E-state index contributed by atoms with van der Waals surface area (Å²) in [4.78, 5) is 9.92. The summed E-state index contributed by atoms with van der Waals surface area (Å²) in [6.07, 6.45) is -6.07. The number of ether oxygens (including phenoxy) is 4. The molecule has 1 saturated heterocycles. The lowest BCUT2D eigenvalue weighted by atomic mass is 10.1. The molecule has 126 valence electrons. The van der Waals surface area contributed by atoms with E-state index in [4.69, 9.17) is 24.1 Å². The first kappa shape index (κ1) is 15.9. The predicted octanol–water partition coefficient (Wildman–Crippen LogP) is -1.03. The van der Waals surface area contributed by atoms with Gasteiger partial charge in [0.1, 0.15) is 23.2 Å². The van der Waals surface area contributed by atoms with E-state index in [2.05, 4.69) is 0 Å². The van der Waals surface area contributed by atoms with E-state index in [0.717, 1.165) is 0 Å². The van der Waals surface area contributed by atoms with Crippen LogP contribution in [0.15, 0.2) is 18.2 Å². The third-order valence-corrected chi connectivity index (χ3v) is 3.55. The molecule has 1 aromatic carbocycles. The van der Waals surface area contributed by atoms with Crippen LogP contribution in [-0.2, 0) is 16.1 Å². The second kappa shape index (κ2) is 6.26. The zero-order valence-corrected chi connectivity index (χ0v) is 11.8. The standard InChI is InChI=1S/C13H15NO9/c15-4-9-10(16)11(17)12(21-9)20-5-6-1-2-7-8(3-6)23-13(22-7)14(18)19/h1-3,9-13,15-17H,4-5H2/t9-,10-,11-,12?,13?/m1/s1. The van der Waals surface area contributed by atoms with Crippen molar-refractivity contribution in [3.8, 4) is 11.5 Å². The number of hydrogen-bond acceptors (Lipinski definition) is 9. The van der Waals surface area contributed by atoms with E-state index in [9.17, 15) is 20.3 Å². The van der Waals surface area contributed by atoms with Crippen LogP contribution in [-0.4, -0.2) is 57.9 Å². The van der Waals surface area contributed by atoms with Gasteiger partial charge in [0, 0.05) is 0 Å². The largest absolute Gasteiger partial charge is 0.517 e. The van der Waals surface area contributed by atoms with Gasteiger partial charge in [-0.1, -0.05) is 6.07 Å². The van der Waals surface area contributed by atoms with Crippen LogP contribution >= 0.6 is 0 Å². The van der Waals surface area contributed by atoms with E-state index in [0.29, 0.717) is 5.56 Å².